The molecule has 2 heteroatoms. The zero-order chi connectivity index (χ0) is 4.12. The van der Waals surface area contributed by atoms with Crippen molar-refractivity contribution in [3.8, 4) is 0 Å². The highest BCUT2D eigenvalue weighted by Crippen LogP contribution is 1.74. The predicted molar refractivity (Wildman–Crippen MR) is 22.7 cm³/mol. The summed E-state index contributed by atoms with van der Waals surface area (Å²) in [5, 5.41) is 1.26. The second-order valence-corrected chi connectivity index (χ2v) is 0.798. The molecule has 0 aromatic rings. The minimum Gasteiger partial charge on any atom is -0.247 e. The number of hydrogen-bond acceptors (Lipinski definition) is 0. The maximum absolute atomic E-state index is 10.8. The first-order valence-electron chi connectivity index (χ1n) is 1.24. The molecule has 0 spiro atoms. The second kappa shape index (κ2) is 3.89. The summed E-state index contributed by atoms with van der Waals surface area (Å²) in [6.07, 6.45) is 1.27. The van der Waals surface area contributed by atoms with Crippen molar-refractivity contribution in [2.45, 2.75) is 0 Å². The summed E-state index contributed by atoms with van der Waals surface area (Å²) in [5.74, 6) is 0. The summed E-state index contributed by atoms with van der Waals surface area (Å²) in [4.78, 5) is 0. The molecule has 0 fully saturated rings. The Morgan fingerprint density at radius 3 is 2.40 bits per heavy atom. The Bertz CT molecular complexity index is 33.9. The number of allylic oxidation sites excluding steroid dienone is 1. The zero-order valence-corrected chi connectivity index (χ0v) is 3.46. The average molecular weight is 91.1 g/mol. The topological polar surface area (TPSA) is 0 Å². The highest BCUT2D eigenvalue weighted by molar-refractivity contribution is 7.83. The minimum atomic E-state index is -0.441. The van der Waals surface area contributed by atoms with Gasteiger partial charge in [0, 0.05) is 0 Å². The van der Waals surface area contributed by atoms with Crippen LogP contribution in [0.3, 0.4) is 0 Å². The van der Waals surface area contributed by atoms with E-state index >= 15 is 0 Å². The van der Waals surface area contributed by atoms with Crippen molar-refractivity contribution in [1.29, 1.82) is 0 Å². The highest BCUT2D eigenvalue weighted by Gasteiger charge is 1.57. The molecular weight excluding hydrogens is 87.1 g/mol. The van der Waals surface area contributed by atoms with Crippen LogP contribution < -0.4 is 0 Å². The lowest BCUT2D eigenvalue weighted by Gasteiger charge is -1.60. The predicted octanol–water partition coefficient (Wildman–Crippen LogP) is 1.67. The summed E-state index contributed by atoms with van der Waals surface area (Å²) < 4.78 is 10.8. The van der Waals surface area contributed by atoms with E-state index < -0.39 is 6.67 Å². The molecule has 0 aliphatic heterocycles. The third-order valence-corrected chi connectivity index (χ3v) is 0.378. The molecule has 0 bridgehead atoms. The molecule has 0 aromatic carbocycles. The van der Waals surface area contributed by atoms with E-state index in [-0.39, 0.29) is 0 Å². The van der Waals surface area contributed by atoms with E-state index in [9.17, 15) is 4.39 Å². The highest BCUT2D eigenvalue weighted by atomic mass is 32.1. The Morgan fingerprint density at radius 2 is 2.40 bits per heavy atom. The molecule has 0 saturated heterocycles. The summed E-state index contributed by atoms with van der Waals surface area (Å²) in [6.45, 7) is -0.441. The van der Waals surface area contributed by atoms with E-state index in [1.54, 1.807) is 0 Å². The molecule has 0 nitrogen and oxygen atoms in total. The number of halogens is 1. The van der Waals surface area contributed by atoms with Gasteiger partial charge in [-0.2, -0.15) is 0 Å². The summed E-state index contributed by atoms with van der Waals surface area (Å²) in [6, 6.07) is 0. The van der Waals surface area contributed by atoms with Crippen LogP contribution in [0.15, 0.2) is 11.5 Å². The molecule has 0 aliphatic rings. The van der Waals surface area contributed by atoms with Crippen LogP contribution in [-0.2, 0) is 0 Å². The largest absolute Gasteiger partial charge is 0.247 e. The zero-order valence-electron chi connectivity index (χ0n) is 2.65. The van der Waals surface area contributed by atoms with Gasteiger partial charge in [-0.1, -0.05) is 12.6 Å². The van der Waals surface area contributed by atoms with Crippen molar-refractivity contribution in [3.05, 3.63) is 11.5 Å². The van der Waals surface area contributed by atoms with E-state index in [0.717, 1.165) is 0 Å². The van der Waals surface area contributed by atoms with Gasteiger partial charge in [0.2, 0.25) is 0 Å². The van der Waals surface area contributed by atoms with Crippen molar-refractivity contribution >= 4 is 12.6 Å². The van der Waals surface area contributed by atoms with Crippen molar-refractivity contribution in [2.24, 2.45) is 0 Å². The lowest BCUT2D eigenvalue weighted by atomic mass is 10.7. The van der Waals surface area contributed by atoms with Gasteiger partial charge in [0.1, 0.15) is 6.67 Å². The second-order valence-electron chi connectivity index (χ2n) is 0.526. The monoisotopic (exact) mass is 91.0 g/mol. The minimum absolute atomic E-state index is 0.441. The Kier molecular flexibility index (Phi) is 3.80. The van der Waals surface area contributed by atoms with E-state index in [1.165, 1.54) is 11.5 Å². The van der Waals surface area contributed by atoms with Gasteiger partial charge in [-0.05, 0) is 11.5 Å². The average Bonchev–Trinajstić information content (AvgIpc) is 1.41. The fourth-order valence-electron chi connectivity index (χ4n) is 0.0364. The van der Waals surface area contributed by atoms with Crippen molar-refractivity contribution in [2.75, 3.05) is 6.67 Å². The molecule has 0 N–H and O–H groups in total. The number of alkyl halides is 1. The Hall–Kier alpha value is -0.110. The standard InChI is InChI=1S/C3H4FS/c4-2-1-3-5/h1,3H,2H2. The Balaban J connectivity index is 2.62. The summed E-state index contributed by atoms with van der Waals surface area (Å²) in [5.41, 5.74) is 0. The number of rotatable bonds is 1. The Labute approximate surface area is 36.1 Å². The van der Waals surface area contributed by atoms with Gasteiger partial charge in [0.05, 0.1) is 0 Å². The van der Waals surface area contributed by atoms with Gasteiger partial charge in [0.15, 0.2) is 0 Å². The van der Waals surface area contributed by atoms with Gasteiger partial charge < -0.3 is 0 Å². The summed E-state index contributed by atoms with van der Waals surface area (Å²) in [7, 11) is 0. The molecule has 0 rings (SSSR count). The van der Waals surface area contributed by atoms with Gasteiger partial charge in [0.25, 0.3) is 0 Å². The van der Waals surface area contributed by atoms with E-state index in [1.807, 2.05) is 0 Å². The van der Waals surface area contributed by atoms with Crippen LogP contribution in [0.25, 0.3) is 0 Å². The lowest BCUT2D eigenvalue weighted by molar-refractivity contribution is 0.562. The van der Waals surface area contributed by atoms with E-state index in [2.05, 4.69) is 12.6 Å². The van der Waals surface area contributed by atoms with Crippen LogP contribution in [0.2, 0.25) is 0 Å². The van der Waals surface area contributed by atoms with Crippen LogP contribution in [0.1, 0.15) is 0 Å². The molecular formula is C3H4FS. The fourth-order valence-corrected chi connectivity index (χ4v) is 0.109. The summed E-state index contributed by atoms with van der Waals surface area (Å²) >= 11 is 4.23. The number of hydrogen-bond donors (Lipinski definition) is 0. The smallest absolute Gasteiger partial charge is 0.109 e. The quantitative estimate of drug-likeness (QED) is 0.460. The molecule has 0 aliphatic carbocycles. The lowest BCUT2D eigenvalue weighted by Crippen LogP contribution is -1.51. The molecule has 5 heavy (non-hydrogen) atoms. The van der Waals surface area contributed by atoms with Gasteiger partial charge in [-0.3, -0.25) is 0 Å². The molecule has 0 saturated carbocycles. The molecule has 0 heterocycles. The first kappa shape index (κ1) is 4.89. The maximum Gasteiger partial charge on any atom is 0.109 e. The van der Waals surface area contributed by atoms with Crippen LogP contribution in [-0.4, -0.2) is 6.67 Å². The normalized spacial score (nSPS) is 9.80. The van der Waals surface area contributed by atoms with E-state index in [4.69, 9.17) is 0 Å². The molecule has 0 atom stereocenters. The first-order valence-corrected chi connectivity index (χ1v) is 1.72. The van der Waals surface area contributed by atoms with Gasteiger partial charge in [-0.15, -0.1) is 0 Å². The third kappa shape index (κ3) is 3.89. The fraction of sp³-hybridized carbons (Fsp3) is 0.333. The molecule has 0 amide bonds. The van der Waals surface area contributed by atoms with Crippen molar-refractivity contribution < 1.29 is 4.39 Å². The van der Waals surface area contributed by atoms with Gasteiger partial charge >= 0.3 is 0 Å². The Morgan fingerprint density at radius 1 is 1.80 bits per heavy atom. The van der Waals surface area contributed by atoms with Crippen LogP contribution in [0.5, 0.6) is 0 Å². The molecule has 29 valence electrons. The first-order chi connectivity index (χ1) is 2.41. The van der Waals surface area contributed by atoms with E-state index in [0.29, 0.717) is 0 Å². The van der Waals surface area contributed by atoms with Crippen molar-refractivity contribution in [3.63, 3.8) is 0 Å². The van der Waals surface area contributed by atoms with Crippen LogP contribution in [0.4, 0.5) is 4.39 Å². The van der Waals surface area contributed by atoms with Gasteiger partial charge in [-0.25, -0.2) is 4.39 Å². The molecule has 0 unspecified atom stereocenters. The molecule has 1 radical (unpaired) electrons. The molecule has 0 aromatic heterocycles. The van der Waals surface area contributed by atoms with Crippen molar-refractivity contribution in [1.82, 2.24) is 0 Å². The van der Waals surface area contributed by atoms with Crippen LogP contribution in [0, 0.1) is 0 Å². The SMILES string of the molecule is FCC=C[S]. The van der Waals surface area contributed by atoms with Crippen LogP contribution >= 0.6 is 12.6 Å². The maximum atomic E-state index is 10.8. The third-order valence-electron chi connectivity index (χ3n) is 0.185.